The minimum absolute atomic E-state index is 0.137. The fourth-order valence-electron chi connectivity index (χ4n) is 1.13. The second-order valence-electron chi connectivity index (χ2n) is 5.30. The summed E-state index contributed by atoms with van der Waals surface area (Å²) in [5, 5.41) is 2.70. The van der Waals surface area contributed by atoms with E-state index in [2.05, 4.69) is 10.1 Å². The van der Waals surface area contributed by atoms with Gasteiger partial charge in [0.2, 0.25) is 0 Å². The zero-order valence-electron chi connectivity index (χ0n) is 11.9. The standard InChI is InChI=1S/C13H23NO4/c1-9(2)10(7-8-11(15)17-6)14-12(16)18-13(3,4)5/h7-10H,1-6H3,(H,14,16)/b8-7+. The normalized spacial score (nSPS) is 13.5. The Morgan fingerprint density at radius 2 is 1.78 bits per heavy atom. The van der Waals surface area contributed by atoms with Gasteiger partial charge in [0.05, 0.1) is 13.2 Å². The minimum atomic E-state index is -0.544. The molecule has 0 saturated carbocycles. The summed E-state index contributed by atoms with van der Waals surface area (Å²) >= 11 is 0. The predicted octanol–water partition coefficient (Wildman–Crippen LogP) is 2.26. The molecule has 5 nitrogen and oxygen atoms in total. The molecule has 5 heteroatoms. The predicted molar refractivity (Wildman–Crippen MR) is 69.2 cm³/mol. The van der Waals surface area contributed by atoms with E-state index in [-0.39, 0.29) is 12.0 Å². The highest BCUT2D eigenvalue weighted by Gasteiger charge is 2.19. The highest BCUT2D eigenvalue weighted by molar-refractivity contribution is 5.82. The maximum absolute atomic E-state index is 11.6. The van der Waals surface area contributed by atoms with Crippen molar-refractivity contribution in [2.45, 2.75) is 46.3 Å². The zero-order chi connectivity index (χ0) is 14.3. The lowest BCUT2D eigenvalue weighted by Gasteiger charge is -2.23. The monoisotopic (exact) mass is 257 g/mol. The molecule has 1 N–H and O–H groups in total. The van der Waals surface area contributed by atoms with E-state index in [1.54, 1.807) is 26.8 Å². The molecule has 0 fully saturated rings. The van der Waals surface area contributed by atoms with Gasteiger partial charge >= 0.3 is 12.1 Å². The number of carbonyl (C=O) groups excluding carboxylic acids is 2. The van der Waals surface area contributed by atoms with E-state index >= 15 is 0 Å². The van der Waals surface area contributed by atoms with Crippen LogP contribution >= 0.6 is 0 Å². The third-order valence-corrected chi connectivity index (χ3v) is 2.04. The molecule has 0 heterocycles. The summed E-state index contributed by atoms with van der Waals surface area (Å²) in [7, 11) is 1.30. The van der Waals surface area contributed by atoms with Crippen LogP contribution < -0.4 is 5.32 Å². The van der Waals surface area contributed by atoms with E-state index in [1.807, 2.05) is 13.8 Å². The molecule has 0 spiro atoms. The topological polar surface area (TPSA) is 64.6 Å². The van der Waals surface area contributed by atoms with Gasteiger partial charge in [0.1, 0.15) is 5.60 Å². The van der Waals surface area contributed by atoms with Crippen molar-refractivity contribution in [3.8, 4) is 0 Å². The van der Waals surface area contributed by atoms with Crippen LogP contribution in [0.25, 0.3) is 0 Å². The second-order valence-corrected chi connectivity index (χ2v) is 5.30. The third-order valence-electron chi connectivity index (χ3n) is 2.04. The molecule has 1 amide bonds. The van der Waals surface area contributed by atoms with Gasteiger partial charge in [0, 0.05) is 6.08 Å². The lowest BCUT2D eigenvalue weighted by atomic mass is 10.0. The van der Waals surface area contributed by atoms with Crippen molar-refractivity contribution in [1.82, 2.24) is 5.32 Å². The molecule has 0 aliphatic rings. The average Bonchev–Trinajstić information content (AvgIpc) is 2.20. The lowest BCUT2D eigenvalue weighted by molar-refractivity contribution is -0.134. The molecule has 0 bridgehead atoms. The molecule has 0 aliphatic carbocycles. The van der Waals surface area contributed by atoms with Crippen LogP contribution in [-0.2, 0) is 14.3 Å². The SMILES string of the molecule is COC(=O)/C=C/C(NC(=O)OC(C)(C)C)C(C)C. The fraction of sp³-hybridized carbons (Fsp3) is 0.692. The molecule has 0 aromatic heterocycles. The summed E-state index contributed by atoms with van der Waals surface area (Å²) in [5.74, 6) is -0.315. The van der Waals surface area contributed by atoms with Crippen molar-refractivity contribution in [2.75, 3.05) is 7.11 Å². The summed E-state index contributed by atoms with van der Waals surface area (Å²) in [4.78, 5) is 22.6. The van der Waals surface area contributed by atoms with E-state index in [1.165, 1.54) is 13.2 Å². The number of carbonyl (C=O) groups is 2. The number of methoxy groups -OCH3 is 1. The molecule has 1 atom stereocenters. The van der Waals surface area contributed by atoms with Gasteiger partial charge in [-0.15, -0.1) is 0 Å². The number of hydrogen-bond acceptors (Lipinski definition) is 4. The Hall–Kier alpha value is -1.52. The van der Waals surface area contributed by atoms with Crippen molar-refractivity contribution < 1.29 is 19.1 Å². The van der Waals surface area contributed by atoms with Gasteiger partial charge in [-0.2, -0.15) is 0 Å². The van der Waals surface area contributed by atoms with Crippen LogP contribution in [0, 0.1) is 5.92 Å². The molecular formula is C13H23NO4. The summed E-state index contributed by atoms with van der Waals surface area (Å²) in [6.07, 6.45) is 2.39. The van der Waals surface area contributed by atoms with Crippen molar-refractivity contribution in [1.29, 1.82) is 0 Å². The van der Waals surface area contributed by atoms with E-state index in [0.717, 1.165) is 0 Å². The maximum atomic E-state index is 11.6. The van der Waals surface area contributed by atoms with Crippen LogP contribution in [0.3, 0.4) is 0 Å². The Morgan fingerprint density at radius 1 is 1.22 bits per heavy atom. The van der Waals surface area contributed by atoms with Gasteiger partial charge in [-0.25, -0.2) is 9.59 Å². The molecule has 0 saturated heterocycles. The summed E-state index contributed by atoms with van der Waals surface area (Å²) < 4.78 is 9.65. The van der Waals surface area contributed by atoms with E-state index in [4.69, 9.17) is 4.74 Å². The van der Waals surface area contributed by atoms with E-state index in [9.17, 15) is 9.59 Å². The molecule has 0 aromatic rings. The van der Waals surface area contributed by atoms with Crippen LogP contribution in [0.2, 0.25) is 0 Å². The summed E-state index contributed by atoms with van der Waals surface area (Å²) in [6.45, 7) is 9.25. The number of rotatable bonds is 4. The van der Waals surface area contributed by atoms with Crippen molar-refractivity contribution in [2.24, 2.45) is 5.92 Å². The number of amides is 1. The maximum Gasteiger partial charge on any atom is 0.408 e. The number of hydrogen-bond donors (Lipinski definition) is 1. The zero-order valence-corrected chi connectivity index (χ0v) is 11.9. The minimum Gasteiger partial charge on any atom is -0.466 e. The van der Waals surface area contributed by atoms with Gasteiger partial charge in [-0.3, -0.25) is 0 Å². The van der Waals surface area contributed by atoms with Crippen LogP contribution in [0.5, 0.6) is 0 Å². The van der Waals surface area contributed by atoms with Gasteiger partial charge < -0.3 is 14.8 Å². The quantitative estimate of drug-likeness (QED) is 0.620. The van der Waals surface area contributed by atoms with Crippen LogP contribution in [0.15, 0.2) is 12.2 Å². The Kier molecular flexibility index (Phi) is 6.44. The Labute approximate surface area is 109 Å². The van der Waals surface area contributed by atoms with Crippen LogP contribution in [-0.4, -0.2) is 30.8 Å². The first-order valence-corrected chi connectivity index (χ1v) is 5.91. The number of alkyl carbamates (subject to hydrolysis) is 1. The molecule has 0 aliphatic heterocycles. The van der Waals surface area contributed by atoms with Crippen molar-refractivity contribution in [3.63, 3.8) is 0 Å². The summed E-state index contributed by atoms with van der Waals surface area (Å²) in [6, 6.07) is -0.279. The largest absolute Gasteiger partial charge is 0.466 e. The second kappa shape index (κ2) is 7.03. The molecule has 0 aromatic carbocycles. The first-order valence-electron chi connectivity index (χ1n) is 5.91. The van der Waals surface area contributed by atoms with Crippen LogP contribution in [0.4, 0.5) is 4.79 Å². The fourth-order valence-corrected chi connectivity index (χ4v) is 1.13. The summed E-state index contributed by atoms with van der Waals surface area (Å²) in [5.41, 5.74) is -0.544. The van der Waals surface area contributed by atoms with E-state index in [0.29, 0.717) is 0 Å². The smallest absolute Gasteiger partial charge is 0.408 e. The molecule has 104 valence electrons. The average molecular weight is 257 g/mol. The Bertz CT molecular complexity index is 315. The molecule has 0 radical (unpaired) electrons. The van der Waals surface area contributed by atoms with Gasteiger partial charge in [0.25, 0.3) is 0 Å². The highest BCUT2D eigenvalue weighted by Crippen LogP contribution is 2.09. The highest BCUT2D eigenvalue weighted by atomic mass is 16.6. The number of esters is 1. The molecule has 1 unspecified atom stereocenters. The van der Waals surface area contributed by atoms with Gasteiger partial charge in [-0.1, -0.05) is 19.9 Å². The van der Waals surface area contributed by atoms with E-state index < -0.39 is 17.7 Å². The molecular weight excluding hydrogens is 234 g/mol. The van der Waals surface area contributed by atoms with Crippen molar-refractivity contribution in [3.05, 3.63) is 12.2 Å². The number of nitrogens with one attached hydrogen (secondary N) is 1. The van der Waals surface area contributed by atoms with Crippen LogP contribution in [0.1, 0.15) is 34.6 Å². The third kappa shape index (κ3) is 7.70. The Morgan fingerprint density at radius 3 is 2.17 bits per heavy atom. The van der Waals surface area contributed by atoms with Gasteiger partial charge in [0.15, 0.2) is 0 Å². The Balaban J connectivity index is 4.50. The molecule has 18 heavy (non-hydrogen) atoms. The molecule has 0 rings (SSSR count). The first-order chi connectivity index (χ1) is 8.15. The first kappa shape index (κ1) is 16.5. The lowest BCUT2D eigenvalue weighted by Crippen LogP contribution is -2.40. The van der Waals surface area contributed by atoms with Gasteiger partial charge in [-0.05, 0) is 26.7 Å². The van der Waals surface area contributed by atoms with Crippen molar-refractivity contribution >= 4 is 12.1 Å². The number of ether oxygens (including phenoxy) is 2.